The molecule has 130 valence electrons. The highest BCUT2D eigenvalue weighted by Gasteiger charge is 2.16. The van der Waals surface area contributed by atoms with E-state index >= 15 is 0 Å². The van der Waals surface area contributed by atoms with Gasteiger partial charge in [0.1, 0.15) is 12.1 Å². The predicted molar refractivity (Wildman–Crippen MR) is 98.6 cm³/mol. The van der Waals surface area contributed by atoms with E-state index < -0.39 is 0 Å². The number of aromatic nitrogens is 3. The summed E-state index contributed by atoms with van der Waals surface area (Å²) in [5, 5.41) is 2.37. The maximum absolute atomic E-state index is 12.4. The molecule has 3 heterocycles. The Bertz CT molecular complexity index is 1140. The van der Waals surface area contributed by atoms with Crippen LogP contribution in [-0.2, 0) is 11.2 Å². The van der Waals surface area contributed by atoms with Gasteiger partial charge >= 0.3 is 0 Å². The highest BCUT2D eigenvalue weighted by atomic mass is 32.1. The van der Waals surface area contributed by atoms with Crippen LogP contribution in [0.1, 0.15) is 11.5 Å². The molecule has 4 aromatic rings. The molecule has 26 heavy (non-hydrogen) atoms. The molecule has 0 aliphatic carbocycles. The van der Waals surface area contributed by atoms with Crippen LogP contribution in [0, 0.1) is 6.92 Å². The van der Waals surface area contributed by atoms with Crippen molar-refractivity contribution in [3.05, 3.63) is 69.9 Å². The number of hydrogen-bond acceptors (Lipinski definition) is 6. The van der Waals surface area contributed by atoms with E-state index in [4.69, 9.17) is 4.42 Å². The molecule has 3 aromatic heterocycles. The summed E-state index contributed by atoms with van der Waals surface area (Å²) in [6.07, 6.45) is 1.30. The van der Waals surface area contributed by atoms with Crippen LogP contribution in [0.4, 0.5) is 0 Å². The normalized spacial score (nSPS) is 11.0. The van der Waals surface area contributed by atoms with Crippen LogP contribution in [0.5, 0.6) is 0 Å². The number of thiophene rings is 1. The molecule has 0 radical (unpaired) electrons. The van der Waals surface area contributed by atoms with Crippen LogP contribution >= 0.6 is 11.3 Å². The Morgan fingerprint density at radius 2 is 2.12 bits per heavy atom. The lowest BCUT2D eigenvalue weighted by molar-refractivity contribution is -0.116. The first-order valence-electron chi connectivity index (χ1n) is 7.88. The summed E-state index contributed by atoms with van der Waals surface area (Å²) in [4.78, 5) is 34.2. The summed E-state index contributed by atoms with van der Waals surface area (Å²) in [7, 11) is 0. The highest BCUT2D eigenvalue weighted by Crippen LogP contribution is 2.26. The molecule has 1 amide bonds. The number of carbonyl (C=O) groups is 1. The fourth-order valence-corrected chi connectivity index (χ4v) is 3.22. The predicted octanol–water partition coefficient (Wildman–Crippen LogP) is 2.73. The molecule has 4 rings (SSSR count). The van der Waals surface area contributed by atoms with Gasteiger partial charge in [-0.05, 0) is 30.5 Å². The Kier molecular flexibility index (Phi) is 4.10. The van der Waals surface area contributed by atoms with Gasteiger partial charge in [-0.1, -0.05) is 18.2 Å². The van der Waals surface area contributed by atoms with Crippen LogP contribution in [0.25, 0.3) is 21.7 Å². The number of para-hydroxylation sites is 1. The molecule has 0 spiro atoms. The number of aryl methyl sites for hydroxylation is 1. The van der Waals surface area contributed by atoms with Crippen LogP contribution in [-0.4, -0.2) is 20.6 Å². The van der Waals surface area contributed by atoms with Gasteiger partial charge in [0, 0.05) is 0 Å². The summed E-state index contributed by atoms with van der Waals surface area (Å²) >= 11 is 1.51. The Balaban J connectivity index is 1.55. The molecule has 0 bridgehead atoms. The van der Waals surface area contributed by atoms with Gasteiger partial charge in [0.2, 0.25) is 11.8 Å². The number of amides is 1. The van der Waals surface area contributed by atoms with Crippen molar-refractivity contribution in [1.29, 1.82) is 0 Å². The molecule has 1 N–H and O–H groups in total. The summed E-state index contributed by atoms with van der Waals surface area (Å²) in [6, 6.07) is 10.8. The average Bonchev–Trinajstić information content (AvgIpc) is 3.28. The van der Waals surface area contributed by atoms with Crippen molar-refractivity contribution in [3.63, 3.8) is 0 Å². The summed E-state index contributed by atoms with van der Waals surface area (Å²) in [5.41, 5.74) is 3.33. The van der Waals surface area contributed by atoms with Crippen LogP contribution in [0.2, 0.25) is 0 Å². The van der Waals surface area contributed by atoms with Crippen LogP contribution in [0.3, 0.4) is 0 Å². The van der Waals surface area contributed by atoms with Crippen LogP contribution in [0.15, 0.2) is 57.3 Å². The second-order valence-corrected chi connectivity index (χ2v) is 6.60. The van der Waals surface area contributed by atoms with Crippen molar-refractivity contribution < 1.29 is 9.21 Å². The van der Waals surface area contributed by atoms with Gasteiger partial charge in [-0.25, -0.2) is 14.6 Å². The van der Waals surface area contributed by atoms with E-state index in [2.05, 4.69) is 15.4 Å². The maximum Gasteiger partial charge on any atom is 0.280 e. The smallest absolute Gasteiger partial charge is 0.280 e. The zero-order valence-electron chi connectivity index (χ0n) is 13.8. The number of carbonyl (C=O) groups excluding carboxylic acids is 1. The lowest BCUT2D eigenvalue weighted by atomic mass is 10.2. The van der Waals surface area contributed by atoms with Crippen molar-refractivity contribution in [2.75, 3.05) is 5.43 Å². The van der Waals surface area contributed by atoms with E-state index in [0.29, 0.717) is 28.2 Å². The quantitative estimate of drug-likeness (QED) is 0.600. The van der Waals surface area contributed by atoms with Gasteiger partial charge in [-0.3, -0.25) is 15.0 Å². The Morgan fingerprint density at radius 1 is 1.27 bits per heavy atom. The molecule has 0 aliphatic rings. The molecule has 0 unspecified atom stereocenters. The SMILES string of the molecule is Cc1oc(-c2cccs2)nc1CC(=O)Nn1cnc2ccccc2c1=O. The minimum atomic E-state index is -0.377. The van der Waals surface area contributed by atoms with E-state index in [-0.39, 0.29) is 17.9 Å². The third kappa shape index (κ3) is 3.02. The largest absolute Gasteiger partial charge is 0.440 e. The molecule has 8 heteroatoms. The van der Waals surface area contributed by atoms with Gasteiger partial charge in [0.05, 0.1) is 27.9 Å². The lowest BCUT2D eigenvalue weighted by Crippen LogP contribution is -2.34. The van der Waals surface area contributed by atoms with Crippen molar-refractivity contribution in [2.24, 2.45) is 0 Å². The van der Waals surface area contributed by atoms with Gasteiger partial charge in [0.25, 0.3) is 5.56 Å². The second-order valence-electron chi connectivity index (χ2n) is 5.65. The zero-order valence-corrected chi connectivity index (χ0v) is 14.6. The molecule has 7 nitrogen and oxygen atoms in total. The first kappa shape index (κ1) is 16.2. The summed E-state index contributed by atoms with van der Waals surface area (Å²) in [5.74, 6) is 0.690. The van der Waals surface area contributed by atoms with Crippen molar-refractivity contribution in [2.45, 2.75) is 13.3 Å². The fraction of sp³-hybridized carbons (Fsp3) is 0.111. The topological polar surface area (TPSA) is 90.0 Å². The maximum atomic E-state index is 12.4. The van der Waals surface area contributed by atoms with Crippen molar-refractivity contribution in [3.8, 4) is 10.8 Å². The second kappa shape index (κ2) is 6.57. The molecule has 0 aliphatic heterocycles. The van der Waals surface area contributed by atoms with E-state index in [1.165, 1.54) is 17.7 Å². The summed E-state index contributed by atoms with van der Waals surface area (Å²) < 4.78 is 6.71. The Hall–Kier alpha value is -3.26. The Labute approximate surface area is 151 Å². The van der Waals surface area contributed by atoms with Gasteiger partial charge < -0.3 is 4.42 Å². The molecule has 0 fully saturated rings. The molecule has 0 saturated carbocycles. The van der Waals surface area contributed by atoms with E-state index in [9.17, 15) is 9.59 Å². The van der Waals surface area contributed by atoms with E-state index in [0.717, 1.165) is 9.55 Å². The number of oxazole rings is 1. The highest BCUT2D eigenvalue weighted by molar-refractivity contribution is 7.13. The monoisotopic (exact) mass is 366 g/mol. The van der Waals surface area contributed by atoms with Crippen molar-refractivity contribution >= 4 is 28.1 Å². The first-order chi connectivity index (χ1) is 12.6. The number of fused-ring (bicyclic) bond motifs is 1. The molecular weight excluding hydrogens is 352 g/mol. The van der Waals surface area contributed by atoms with Gasteiger partial charge in [0.15, 0.2) is 0 Å². The standard InChI is InChI=1S/C18H14N4O3S/c1-11-14(20-17(25-11)15-7-4-8-26-15)9-16(23)21-22-10-19-13-6-3-2-5-12(13)18(22)24/h2-8,10H,9H2,1H3,(H,21,23). The fourth-order valence-electron chi connectivity index (χ4n) is 2.57. The molecular formula is C18H14N4O3S. The number of benzene rings is 1. The zero-order chi connectivity index (χ0) is 18.1. The average molecular weight is 366 g/mol. The molecule has 0 saturated heterocycles. The molecule has 0 atom stereocenters. The van der Waals surface area contributed by atoms with Gasteiger partial charge in [-0.15, -0.1) is 11.3 Å². The summed E-state index contributed by atoms with van der Waals surface area (Å²) in [6.45, 7) is 1.76. The lowest BCUT2D eigenvalue weighted by Gasteiger charge is -2.07. The van der Waals surface area contributed by atoms with E-state index in [1.807, 2.05) is 17.5 Å². The number of hydrogen-bond donors (Lipinski definition) is 1. The number of rotatable bonds is 4. The Morgan fingerprint density at radius 3 is 2.92 bits per heavy atom. The van der Waals surface area contributed by atoms with Crippen molar-refractivity contribution in [1.82, 2.24) is 14.6 Å². The number of nitrogens with one attached hydrogen (secondary N) is 1. The number of nitrogens with zero attached hydrogens (tertiary/aromatic N) is 3. The minimum Gasteiger partial charge on any atom is -0.440 e. The third-order valence-corrected chi connectivity index (χ3v) is 4.72. The van der Waals surface area contributed by atoms with Gasteiger partial charge in [-0.2, -0.15) is 0 Å². The molecule has 1 aromatic carbocycles. The van der Waals surface area contributed by atoms with Crippen LogP contribution < -0.4 is 11.0 Å². The minimum absolute atomic E-state index is 0.0000244. The third-order valence-electron chi connectivity index (χ3n) is 3.86. The first-order valence-corrected chi connectivity index (χ1v) is 8.76. The van der Waals surface area contributed by atoms with E-state index in [1.54, 1.807) is 31.2 Å².